The maximum atomic E-state index is 13.0. The van der Waals surface area contributed by atoms with E-state index in [1.807, 2.05) is 6.08 Å². The van der Waals surface area contributed by atoms with Crippen molar-refractivity contribution in [2.24, 2.45) is 28.6 Å². The fourth-order valence-corrected chi connectivity index (χ4v) is 11.3. The molecule has 4 rings (SSSR count). The van der Waals surface area contributed by atoms with E-state index < -0.39 is 6.10 Å². The molecule has 336 valence electrons. The third-order valence-electron chi connectivity index (χ3n) is 14.9. The van der Waals surface area contributed by atoms with Gasteiger partial charge in [0.2, 0.25) is 0 Å². The zero-order valence-corrected chi connectivity index (χ0v) is 38.0. The van der Waals surface area contributed by atoms with Gasteiger partial charge in [-0.2, -0.15) is 0 Å². The summed E-state index contributed by atoms with van der Waals surface area (Å²) in [6.07, 6.45) is 36.9. The lowest BCUT2D eigenvalue weighted by Gasteiger charge is -2.57. The summed E-state index contributed by atoms with van der Waals surface area (Å²) < 4.78 is 22.5. The molecule has 8 heteroatoms. The van der Waals surface area contributed by atoms with Crippen molar-refractivity contribution < 1.29 is 38.1 Å². The summed E-state index contributed by atoms with van der Waals surface area (Å²) in [5.41, 5.74) is 1.64. The van der Waals surface area contributed by atoms with Gasteiger partial charge in [-0.15, -0.1) is 0 Å². The second-order valence-corrected chi connectivity index (χ2v) is 19.3. The first-order valence-corrected chi connectivity index (χ1v) is 24.5. The van der Waals surface area contributed by atoms with Crippen LogP contribution in [0.15, 0.2) is 23.8 Å². The Labute approximate surface area is 359 Å². The molecule has 0 aromatic carbocycles. The van der Waals surface area contributed by atoms with Crippen molar-refractivity contribution >= 4 is 23.7 Å². The van der Waals surface area contributed by atoms with E-state index in [4.69, 9.17) is 18.9 Å². The Morgan fingerprint density at radius 2 is 1.27 bits per heavy atom. The zero-order chi connectivity index (χ0) is 42.4. The molecule has 0 spiro atoms. The van der Waals surface area contributed by atoms with Crippen LogP contribution in [0, 0.1) is 28.6 Å². The lowest BCUT2D eigenvalue weighted by Crippen LogP contribution is -2.51. The molecule has 8 nitrogen and oxygen atoms in total. The second kappa shape index (κ2) is 26.8. The molecule has 4 aliphatic rings. The van der Waals surface area contributed by atoms with E-state index >= 15 is 0 Å². The minimum Gasteiger partial charge on any atom is -0.462 e. The Hall–Kier alpha value is -2.48. The van der Waals surface area contributed by atoms with E-state index in [-0.39, 0.29) is 48.1 Å². The number of hydrogen-bond donors (Lipinski definition) is 0. The largest absolute Gasteiger partial charge is 0.462 e. The quantitative estimate of drug-likeness (QED) is 0.0305. The van der Waals surface area contributed by atoms with Crippen LogP contribution < -0.4 is 0 Å². The highest BCUT2D eigenvalue weighted by molar-refractivity contribution is 5.91. The smallest absolute Gasteiger partial charge is 0.306 e. The van der Waals surface area contributed by atoms with Crippen molar-refractivity contribution in [1.82, 2.24) is 0 Å². The molecule has 0 radical (unpaired) electrons. The fraction of sp³-hybridized carbons (Fsp3) is 0.843. The number of unbranched alkanes of at least 4 members (excludes halogenated alkanes) is 16. The fourth-order valence-electron chi connectivity index (χ4n) is 11.3. The number of allylic oxidation sites excluding steroid dienone is 3. The molecule has 3 saturated carbocycles. The number of carbonyl (C=O) groups is 4. The van der Waals surface area contributed by atoms with Gasteiger partial charge in [0.15, 0.2) is 11.9 Å². The monoisotopic (exact) mass is 825 g/mol. The number of ether oxygens (including phenoxy) is 4. The Morgan fingerprint density at radius 1 is 0.678 bits per heavy atom. The van der Waals surface area contributed by atoms with E-state index in [0.29, 0.717) is 49.2 Å². The van der Waals surface area contributed by atoms with Gasteiger partial charge in [-0.1, -0.05) is 116 Å². The second-order valence-electron chi connectivity index (χ2n) is 19.3. The maximum Gasteiger partial charge on any atom is 0.306 e. The Kier molecular flexibility index (Phi) is 22.3. The minimum atomic E-state index is -0.594. The molecule has 3 fully saturated rings. The predicted molar refractivity (Wildman–Crippen MR) is 236 cm³/mol. The van der Waals surface area contributed by atoms with Crippen LogP contribution in [0.25, 0.3) is 0 Å². The molecular weight excluding hydrogens is 741 g/mol. The number of fused-ring (bicyclic) bond motifs is 5. The van der Waals surface area contributed by atoms with Crippen LogP contribution in [0.4, 0.5) is 0 Å². The highest BCUT2D eigenvalue weighted by Crippen LogP contribution is 2.65. The number of methoxy groups -OCH3 is 1. The van der Waals surface area contributed by atoms with Crippen molar-refractivity contribution in [3.8, 4) is 0 Å². The normalized spacial score (nSPS) is 26.8. The molecule has 0 aliphatic heterocycles. The number of hydrogen-bond acceptors (Lipinski definition) is 8. The number of esters is 3. The lowest BCUT2D eigenvalue weighted by molar-refractivity contribution is -0.162. The van der Waals surface area contributed by atoms with Crippen molar-refractivity contribution in [3.63, 3.8) is 0 Å². The van der Waals surface area contributed by atoms with Gasteiger partial charge in [0.05, 0.1) is 6.61 Å². The van der Waals surface area contributed by atoms with Gasteiger partial charge >= 0.3 is 17.9 Å². The standard InChI is InChI=1S/C51H84O8/c1-5-6-7-8-9-10-11-12-13-14-15-16-17-20-23-26-47(53)57-39-42(38-56-4)58-48(54)27-24-21-18-19-22-25-28-49(55)59-46-32-31-44-43-30-29-40-37-41(52)33-35-50(40,2)45(43)34-36-51(44,46)3/h12-13,37,42-46H,5-11,14-36,38-39H2,1-4H3/b13-12-/t42?,43-,44?,45?,46-,50-,51-/m0/s1. The molecule has 0 heterocycles. The first kappa shape index (κ1) is 49.2. The molecule has 0 saturated heterocycles. The summed E-state index contributed by atoms with van der Waals surface area (Å²) in [5.74, 6) is 1.65. The van der Waals surface area contributed by atoms with E-state index in [0.717, 1.165) is 96.3 Å². The SMILES string of the molecule is CCCCCCCC/C=C\CCCCCCCC(=O)OCC(COC)OC(=O)CCCCCCCCC(=O)O[C@H]1CCC2[C@@H]3CCC4=CC(=O)CC[C@]4(C)C3CC[C@@]21C. The molecule has 0 N–H and O–H groups in total. The Balaban J connectivity index is 0.969. The van der Waals surface area contributed by atoms with Gasteiger partial charge in [-0.3, -0.25) is 19.2 Å². The van der Waals surface area contributed by atoms with Crippen molar-refractivity contribution in [1.29, 1.82) is 0 Å². The molecule has 0 aromatic heterocycles. The lowest BCUT2D eigenvalue weighted by atomic mass is 9.47. The highest BCUT2D eigenvalue weighted by Gasteiger charge is 2.60. The Morgan fingerprint density at radius 3 is 1.92 bits per heavy atom. The Bertz CT molecular complexity index is 1340. The minimum absolute atomic E-state index is 0.0234. The zero-order valence-electron chi connectivity index (χ0n) is 38.0. The van der Waals surface area contributed by atoms with Crippen molar-refractivity contribution in [2.75, 3.05) is 20.3 Å². The summed E-state index contributed by atoms with van der Waals surface area (Å²) in [4.78, 5) is 50.0. The first-order valence-electron chi connectivity index (χ1n) is 24.5. The molecule has 0 amide bonds. The summed E-state index contributed by atoms with van der Waals surface area (Å²) in [6, 6.07) is 0. The topological polar surface area (TPSA) is 105 Å². The van der Waals surface area contributed by atoms with Crippen LogP contribution in [0.3, 0.4) is 0 Å². The van der Waals surface area contributed by atoms with Gasteiger partial charge in [0.25, 0.3) is 0 Å². The van der Waals surface area contributed by atoms with Gasteiger partial charge in [0.1, 0.15) is 12.7 Å². The van der Waals surface area contributed by atoms with Crippen molar-refractivity contribution in [3.05, 3.63) is 23.8 Å². The first-order chi connectivity index (χ1) is 28.6. The van der Waals surface area contributed by atoms with E-state index in [9.17, 15) is 19.2 Å². The van der Waals surface area contributed by atoms with Gasteiger partial charge < -0.3 is 18.9 Å². The predicted octanol–water partition coefficient (Wildman–Crippen LogP) is 12.7. The van der Waals surface area contributed by atoms with E-state index in [2.05, 4.69) is 32.9 Å². The van der Waals surface area contributed by atoms with Crippen LogP contribution in [-0.2, 0) is 38.1 Å². The third-order valence-corrected chi connectivity index (χ3v) is 14.9. The summed E-state index contributed by atoms with van der Waals surface area (Å²) >= 11 is 0. The average molecular weight is 825 g/mol. The molecular formula is C51H84O8. The van der Waals surface area contributed by atoms with Gasteiger partial charge in [0, 0.05) is 38.2 Å². The number of rotatable bonds is 30. The van der Waals surface area contributed by atoms with Crippen LogP contribution in [0.2, 0.25) is 0 Å². The van der Waals surface area contributed by atoms with Crippen LogP contribution >= 0.6 is 0 Å². The molecule has 4 aliphatic carbocycles. The molecule has 7 atom stereocenters. The van der Waals surface area contributed by atoms with Crippen LogP contribution in [-0.4, -0.2) is 56.2 Å². The van der Waals surface area contributed by atoms with Crippen LogP contribution in [0.1, 0.15) is 213 Å². The third kappa shape index (κ3) is 16.1. The molecule has 3 unspecified atom stereocenters. The number of carbonyl (C=O) groups excluding carboxylic acids is 4. The number of ketones is 1. The van der Waals surface area contributed by atoms with E-state index in [1.54, 1.807) is 7.11 Å². The maximum absolute atomic E-state index is 13.0. The summed E-state index contributed by atoms with van der Waals surface area (Å²) in [6.45, 7) is 7.29. The van der Waals surface area contributed by atoms with Crippen molar-refractivity contribution in [2.45, 2.75) is 226 Å². The van der Waals surface area contributed by atoms with Gasteiger partial charge in [-0.25, -0.2) is 0 Å². The van der Waals surface area contributed by atoms with Gasteiger partial charge in [-0.05, 0) is 119 Å². The summed E-state index contributed by atoms with van der Waals surface area (Å²) in [5, 5.41) is 0. The molecule has 0 bridgehead atoms. The highest BCUT2D eigenvalue weighted by atomic mass is 16.6. The molecule has 59 heavy (non-hydrogen) atoms. The summed E-state index contributed by atoms with van der Waals surface area (Å²) in [7, 11) is 1.55. The van der Waals surface area contributed by atoms with Crippen LogP contribution in [0.5, 0.6) is 0 Å². The molecule has 0 aromatic rings. The average Bonchev–Trinajstić information content (AvgIpc) is 3.55. The van der Waals surface area contributed by atoms with E-state index in [1.165, 1.54) is 76.2 Å².